The van der Waals surface area contributed by atoms with Crippen molar-refractivity contribution in [2.45, 2.75) is 20.1 Å². The topological polar surface area (TPSA) is 57.2 Å². The van der Waals surface area contributed by atoms with Gasteiger partial charge >= 0.3 is 29.6 Å². The Morgan fingerprint density at radius 2 is 2.40 bits per heavy atom. The van der Waals surface area contributed by atoms with E-state index in [1.165, 1.54) is 0 Å². The van der Waals surface area contributed by atoms with Gasteiger partial charge in [0.05, 0.1) is 0 Å². The average molecular weight is 160 g/mol. The van der Waals surface area contributed by atoms with E-state index in [-0.39, 0.29) is 29.6 Å². The van der Waals surface area contributed by atoms with Crippen molar-refractivity contribution in [1.82, 2.24) is 0 Å². The van der Waals surface area contributed by atoms with E-state index >= 15 is 0 Å². The number of aliphatic carboxylic acids is 1. The van der Waals surface area contributed by atoms with Crippen LogP contribution >= 0.6 is 0 Å². The van der Waals surface area contributed by atoms with E-state index in [0.717, 1.165) is 0 Å². The van der Waals surface area contributed by atoms with Gasteiger partial charge in [-0.15, -0.1) is 0 Å². The summed E-state index contributed by atoms with van der Waals surface area (Å²) in [6, 6.07) is 0. The minimum absolute atomic E-state index is 0. The maximum absolute atomic E-state index is 11.1. The summed E-state index contributed by atoms with van der Waals surface area (Å²) < 4.78 is 55.4. The Labute approximate surface area is 93.3 Å². The van der Waals surface area contributed by atoms with Crippen LogP contribution in [0, 0.1) is 5.92 Å². The largest absolute Gasteiger partial charge is 1.00 e. The summed E-state index contributed by atoms with van der Waals surface area (Å²) in [7, 11) is 0. The predicted octanol–water partition coefficient (Wildman–Crippen LogP) is -3.64. The molecule has 0 aromatic rings. The smallest absolute Gasteiger partial charge is 0.542 e. The SMILES string of the molecule is [2H]C([2H])([2H])C(C(=O)C(=O)[O-])C([2H])([2H])C([2H])([2H])[2H].[Na+]. The zero-order valence-corrected chi connectivity index (χ0v) is 7.30. The summed E-state index contributed by atoms with van der Waals surface area (Å²) in [5.41, 5.74) is 0. The standard InChI is InChI=1S/C6H10O3.Na/c1-3-4(2)5(7)6(8)9;/h4H,3H2,1-2H3,(H,8,9);/q;+1/p-1/i1D3,2D3,3D2;. The number of rotatable bonds is 3. The van der Waals surface area contributed by atoms with Gasteiger partial charge in [0.1, 0.15) is 5.97 Å². The average Bonchev–Trinajstić information content (AvgIpc) is 1.97. The molecule has 4 heteroatoms. The molecule has 10 heavy (non-hydrogen) atoms. The molecule has 0 rings (SSSR count). The van der Waals surface area contributed by atoms with Crippen LogP contribution in [0.3, 0.4) is 0 Å². The second-order valence-electron chi connectivity index (χ2n) is 1.23. The van der Waals surface area contributed by atoms with Crippen LogP contribution in [0.15, 0.2) is 0 Å². The van der Waals surface area contributed by atoms with Crippen molar-refractivity contribution in [2.75, 3.05) is 0 Å². The third kappa shape index (κ3) is 4.04. The Morgan fingerprint density at radius 3 is 2.70 bits per heavy atom. The van der Waals surface area contributed by atoms with Crippen molar-refractivity contribution >= 4 is 11.8 Å². The van der Waals surface area contributed by atoms with E-state index in [1.807, 2.05) is 0 Å². The van der Waals surface area contributed by atoms with Crippen LogP contribution in [0.2, 0.25) is 0 Å². The predicted molar refractivity (Wildman–Crippen MR) is 29.5 cm³/mol. The van der Waals surface area contributed by atoms with E-state index in [2.05, 4.69) is 0 Å². The molecule has 0 N–H and O–H groups in total. The van der Waals surface area contributed by atoms with Gasteiger partial charge in [-0.05, 0) is 6.37 Å². The summed E-state index contributed by atoms with van der Waals surface area (Å²) in [4.78, 5) is 21.4. The number of carbonyl (C=O) groups is 2. The Morgan fingerprint density at radius 1 is 1.80 bits per heavy atom. The molecule has 0 fully saturated rings. The Kier molecular flexibility index (Phi) is 1.92. The van der Waals surface area contributed by atoms with Crippen molar-refractivity contribution in [2.24, 2.45) is 5.92 Å². The second kappa shape index (κ2) is 5.89. The molecule has 0 saturated carbocycles. The number of hydrogen-bond donors (Lipinski definition) is 0. The monoisotopic (exact) mass is 160 g/mol. The van der Waals surface area contributed by atoms with Crippen LogP contribution in [-0.2, 0) is 9.59 Å². The number of carbonyl (C=O) groups excluding carboxylic acids is 2. The van der Waals surface area contributed by atoms with Gasteiger partial charge in [0, 0.05) is 16.9 Å². The van der Waals surface area contributed by atoms with Gasteiger partial charge in [-0.1, -0.05) is 13.7 Å². The number of carboxylic acids is 1. The molecule has 0 heterocycles. The summed E-state index contributed by atoms with van der Waals surface area (Å²) in [5.74, 6) is -7.32. The summed E-state index contributed by atoms with van der Waals surface area (Å²) in [6.07, 6.45) is -3.49. The van der Waals surface area contributed by atoms with Gasteiger partial charge in [0.15, 0.2) is 5.78 Å². The molecule has 0 saturated heterocycles. The molecule has 1 unspecified atom stereocenters. The fourth-order valence-corrected chi connectivity index (χ4v) is 0.183. The summed E-state index contributed by atoms with van der Waals surface area (Å²) in [6.45, 7) is -6.84. The van der Waals surface area contributed by atoms with Crippen LogP contribution < -0.4 is 34.7 Å². The van der Waals surface area contributed by atoms with Crippen molar-refractivity contribution in [3.8, 4) is 0 Å². The zero-order valence-electron chi connectivity index (χ0n) is 13.3. The summed E-state index contributed by atoms with van der Waals surface area (Å²) >= 11 is 0. The van der Waals surface area contributed by atoms with Crippen molar-refractivity contribution < 1.29 is 55.2 Å². The van der Waals surface area contributed by atoms with Crippen molar-refractivity contribution in [3.63, 3.8) is 0 Å². The molecule has 52 valence electrons. The number of carboxylic acid groups (broad SMARTS) is 1. The fraction of sp³-hybridized carbons (Fsp3) is 0.667. The van der Waals surface area contributed by atoms with E-state index < -0.39 is 37.7 Å². The van der Waals surface area contributed by atoms with Crippen molar-refractivity contribution in [1.29, 1.82) is 0 Å². The minimum atomic E-state index is -3.49. The quantitative estimate of drug-likeness (QED) is 0.316. The molecule has 0 spiro atoms. The van der Waals surface area contributed by atoms with Gasteiger partial charge in [0.25, 0.3) is 0 Å². The number of Topliss-reactive ketones (excluding diaryl/α,β-unsaturated/α-hetero) is 1. The minimum Gasteiger partial charge on any atom is -0.542 e. The van der Waals surface area contributed by atoms with Crippen LogP contribution in [0.4, 0.5) is 0 Å². The zero-order chi connectivity index (χ0) is 14.2. The van der Waals surface area contributed by atoms with E-state index in [1.54, 1.807) is 0 Å². The maximum atomic E-state index is 11.1. The van der Waals surface area contributed by atoms with Crippen LogP contribution in [0.5, 0.6) is 0 Å². The number of ketones is 1. The van der Waals surface area contributed by atoms with Gasteiger partial charge < -0.3 is 9.90 Å². The first-order valence-corrected chi connectivity index (χ1v) is 1.98. The molecule has 0 aliphatic heterocycles. The van der Waals surface area contributed by atoms with E-state index in [4.69, 9.17) is 11.0 Å². The third-order valence-electron chi connectivity index (χ3n) is 0.608. The van der Waals surface area contributed by atoms with Crippen LogP contribution in [0.25, 0.3) is 0 Å². The maximum Gasteiger partial charge on any atom is 1.00 e. The second-order valence-corrected chi connectivity index (χ2v) is 1.23. The Bertz CT molecular complexity index is 333. The molecule has 0 amide bonds. The molecule has 0 aromatic heterocycles. The molecule has 1 atom stereocenters. The molecular formula is C6H9NaO3. The van der Waals surface area contributed by atoms with Gasteiger partial charge in [0.2, 0.25) is 0 Å². The van der Waals surface area contributed by atoms with E-state index in [9.17, 15) is 14.7 Å². The van der Waals surface area contributed by atoms with Gasteiger partial charge in [-0.2, -0.15) is 0 Å². The van der Waals surface area contributed by atoms with Gasteiger partial charge in [-0.3, -0.25) is 4.79 Å². The molecule has 0 aliphatic carbocycles. The normalized spacial score (nSPS) is 27.2. The van der Waals surface area contributed by atoms with Crippen LogP contribution in [0.1, 0.15) is 31.0 Å². The van der Waals surface area contributed by atoms with Crippen molar-refractivity contribution in [3.05, 3.63) is 0 Å². The van der Waals surface area contributed by atoms with E-state index in [0.29, 0.717) is 0 Å². The Balaban J connectivity index is 0. The molecule has 0 radical (unpaired) electrons. The first kappa shape index (κ1) is 3.25. The Hall–Kier alpha value is 0.140. The first-order chi connectivity index (χ1) is 7.23. The number of hydrogen-bond acceptors (Lipinski definition) is 3. The van der Waals surface area contributed by atoms with Gasteiger partial charge in [-0.25, -0.2) is 0 Å². The first-order valence-electron chi connectivity index (χ1n) is 5.98. The van der Waals surface area contributed by atoms with Crippen LogP contribution in [-0.4, -0.2) is 11.8 Å². The molecule has 0 bridgehead atoms. The molecule has 0 aromatic carbocycles. The third-order valence-corrected chi connectivity index (χ3v) is 0.608. The molecule has 0 aliphatic rings. The summed E-state index contributed by atoms with van der Waals surface area (Å²) in [5, 5.41) is 10.3. The molecular weight excluding hydrogens is 143 g/mol. The molecule has 3 nitrogen and oxygen atoms in total. The fourth-order valence-electron chi connectivity index (χ4n) is 0.183.